The minimum Gasteiger partial charge on any atom is -0.351 e. The van der Waals surface area contributed by atoms with Crippen LogP contribution in [0.25, 0.3) is 0 Å². The van der Waals surface area contributed by atoms with Crippen LogP contribution in [0.4, 0.5) is 0 Å². The molecule has 0 aliphatic carbocycles. The van der Waals surface area contributed by atoms with E-state index in [1.54, 1.807) is 16.2 Å². The van der Waals surface area contributed by atoms with Gasteiger partial charge in [0.1, 0.15) is 6.04 Å². The average molecular weight is 378 g/mol. The van der Waals surface area contributed by atoms with Gasteiger partial charge in [0.15, 0.2) is 0 Å². The summed E-state index contributed by atoms with van der Waals surface area (Å²) in [6, 6.07) is 3.77. The minimum atomic E-state index is -0.316. The van der Waals surface area contributed by atoms with Crippen molar-refractivity contribution in [2.24, 2.45) is 0 Å². The molecule has 1 atom stereocenters. The van der Waals surface area contributed by atoms with Crippen molar-refractivity contribution in [3.05, 3.63) is 22.4 Å². The molecule has 2 amide bonds. The first-order valence-electron chi connectivity index (χ1n) is 9.57. The molecule has 1 aromatic heterocycles. The van der Waals surface area contributed by atoms with Crippen LogP contribution in [0.5, 0.6) is 0 Å². The van der Waals surface area contributed by atoms with Crippen LogP contribution in [0, 0.1) is 0 Å². The zero-order chi connectivity index (χ0) is 18.9. The molecule has 0 bridgehead atoms. The van der Waals surface area contributed by atoms with Crippen LogP contribution < -0.4 is 10.6 Å². The molecule has 2 aliphatic heterocycles. The van der Waals surface area contributed by atoms with E-state index >= 15 is 0 Å². The highest BCUT2D eigenvalue weighted by molar-refractivity contribution is 7.10. The van der Waals surface area contributed by atoms with Gasteiger partial charge in [-0.05, 0) is 64.8 Å². The number of thiophene rings is 1. The molecule has 2 saturated heterocycles. The number of nitrogens with zero attached hydrogens (tertiary/aromatic N) is 1. The summed E-state index contributed by atoms with van der Waals surface area (Å²) in [5, 5.41) is 8.87. The van der Waals surface area contributed by atoms with Crippen LogP contribution in [0.2, 0.25) is 0 Å². The lowest BCUT2D eigenvalue weighted by molar-refractivity contribution is -0.138. The number of rotatable bonds is 4. The molecule has 0 radical (unpaired) electrons. The van der Waals surface area contributed by atoms with Crippen molar-refractivity contribution in [3.63, 3.8) is 0 Å². The molecule has 0 saturated carbocycles. The van der Waals surface area contributed by atoms with E-state index in [9.17, 15) is 9.59 Å². The molecule has 1 unspecified atom stereocenters. The van der Waals surface area contributed by atoms with Crippen molar-refractivity contribution in [3.8, 4) is 0 Å². The summed E-state index contributed by atoms with van der Waals surface area (Å²) in [4.78, 5) is 28.4. The number of carbonyl (C=O) groups is 2. The predicted octanol–water partition coefficient (Wildman–Crippen LogP) is 2.71. The van der Waals surface area contributed by atoms with Gasteiger partial charge in [0.2, 0.25) is 11.8 Å². The lowest BCUT2D eigenvalue weighted by Gasteiger charge is -2.46. The maximum Gasteiger partial charge on any atom is 0.243 e. The fourth-order valence-corrected chi connectivity index (χ4v) is 5.42. The minimum absolute atomic E-state index is 0.00987. The summed E-state index contributed by atoms with van der Waals surface area (Å²) in [6.07, 6.45) is 3.86. The monoisotopic (exact) mass is 377 g/mol. The second-order valence-electron chi connectivity index (χ2n) is 9.01. The fourth-order valence-electron chi connectivity index (χ4n) is 4.72. The first-order chi connectivity index (χ1) is 12.2. The molecule has 5 nitrogen and oxygen atoms in total. The topological polar surface area (TPSA) is 61.4 Å². The van der Waals surface area contributed by atoms with Crippen LogP contribution in [0.3, 0.4) is 0 Å². The summed E-state index contributed by atoms with van der Waals surface area (Å²) in [5.74, 6) is 0.0802. The first-order valence-corrected chi connectivity index (χ1v) is 10.4. The van der Waals surface area contributed by atoms with Gasteiger partial charge in [-0.15, -0.1) is 11.3 Å². The van der Waals surface area contributed by atoms with E-state index in [1.165, 1.54) is 0 Å². The molecule has 1 aromatic rings. The molecule has 2 N–H and O–H groups in total. The lowest BCUT2D eigenvalue weighted by atomic mass is 9.79. The van der Waals surface area contributed by atoms with Gasteiger partial charge in [-0.3, -0.25) is 9.59 Å². The Morgan fingerprint density at radius 3 is 2.58 bits per heavy atom. The van der Waals surface area contributed by atoms with Crippen molar-refractivity contribution in [2.75, 3.05) is 6.54 Å². The number of carbonyl (C=O) groups excluding carboxylic acids is 2. The zero-order valence-corrected chi connectivity index (χ0v) is 17.1. The van der Waals surface area contributed by atoms with Crippen LogP contribution in [-0.2, 0) is 16.0 Å². The molecular weight excluding hydrogens is 346 g/mol. The molecule has 3 heterocycles. The first kappa shape index (κ1) is 19.4. The van der Waals surface area contributed by atoms with Crippen molar-refractivity contribution >= 4 is 23.2 Å². The summed E-state index contributed by atoms with van der Waals surface area (Å²) < 4.78 is 0. The smallest absolute Gasteiger partial charge is 0.243 e. The van der Waals surface area contributed by atoms with Crippen molar-refractivity contribution < 1.29 is 9.59 Å². The lowest BCUT2D eigenvalue weighted by Crippen LogP contribution is -2.63. The van der Waals surface area contributed by atoms with Gasteiger partial charge in [0.05, 0.1) is 6.42 Å². The molecule has 6 heteroatoms. The summed E-state index contributed by atoms with van der Waals surface area (Å²) >= 11 is 1.59. The van der Waals surface area contributed by atoms with Crippen molar-refractivity contribution in [1.29, 1.82) is 0 Å². The maximum atomic E-state index is 12.9. The van der Waals surface area contributed by atoms with Crippen LogP contribution in [0.1, 0.15) is 58.3 Å². The van der Waals surface area contributed by atoms with Gasteiger partial charge in [0, 0.05) is 28.5 Å². The number of nitrogens with one attached hydrogen (secondary N) is 2. The van der Waals surface area contributed by atoms with Gasteiger partial charge in [-0.25, -0.2) is 0 Å². The molecular formula is C20H31N3O2S. The number of amides is 2. The van der Waals surface area contributed by atoms with E-state index in [0.29, 0.717) is 13.0 Å². The van der Waals surface area contributed by atoms with Crippen LogP contribution in [-0.4, -0.2) is 46.4 Å². The SMILES string of the molecule is CC1(C)CC(NC(=O)C2CCCN2C(=O)Cc2cccs2)CC(C)(C)N1. The van der Waals surface area contributed by atoms with Gasteiger partial charge in [0.25, 0.3) is 0 Å². The standard InChI is InChI=1S/C20H31N3O2S/c1-19(2)12-14(13-20(3,4)22-19)21-18(25)16-8-5-9-23(16)17(24)11-15-7-6-10-26-15/h6-7,10,14,16,22H,5,8-9,11-13H2,1-4H3,(H,21,25). The number of hydrogen-bond acceptors (Lipinski definition) is 4. The highest BCUT2D eigenvalue weighted by Gasteiger charge is 2.40. The summed E-state index contributed by atoms with van der Waals surface area (Å²) in [5.41, 5.74) is -0.0197. The second-order valence-corrected chi connectivity index (χ2v) is 10.0. The van der Waals surface area contributed by atoms with Crippen molar-refractivity contribution in [1.82, 2.24) is 15.5 Å². The van der Waals surface area contributed by atoms with E-state index < -0.39 is 0 Å². The van der Waals surface area contributed by atoms with E-state index in [-0.39, 0.29) is 35.0 Å². The van der Waals surface area contributed by atoms with Crippen LogP contribution >= 0.6 is 11.3 Å². The van der Waals surface area contributed by atoms with Gasteiger partial charge in [-0.2, -0.15) is 0 Å². The molecule has 144 valence electrons. The average Bonchev–Trinajstić information content (AvgIpc) is 3.14. The Labute approximate surface area is 160 Å². The second kappa shape index (κ2) is 7.31. The molecule has 2 fully saturated rings. The number of hydrogen-bond donors (Lipinski definition) is 2. The van der Waals surface area contributed by atoms with E-state index in [1.807, 2.05) is 17.5 Å². The Balaban J connectivity index is 1.62. The third kappa shape index (κ3) is 4.65. The van der Waals surface area contributed by atoms with Gasteiger partial charge < -0.3 is 15.5 Å². The normalized spacial score (nSPS) is 25.2. The summed E-state index contributed by atoms with van der Waals surface area (Å²) in [6.45, 7) is 9.41. The van der Waals surface area contributed by atoms with Gasteiger partial charge >= 0.3 is 0 Å². The highest BCUT2D eigenvalue weighted by Crippen LogP contribution is 2.29. The number of piperidine rings is 1. The molecule has 3 rings (SSSR count). The molecule has 0 spiro atoms. The largest absolute Gasteiger partial charge is 0.351 e. The van der Waals surface area contributed by atoms with E-state index in [0.717, 1.165) is 30.6 Å². The fraction of sp³-hybridized carbons (Fsp3) is 0.700. The van der Waals surface area contributed by atoms with E-state index in [2.05, 4.69) is 38.3 Å². The third-order valence-electron chi connectivity index (χ3n) is 5.32. The van der Waals surface area contributed by atoms with Gasteiger partial charge in [-0.1, -0.05) is 6.07 Å². The Morgan fingerprint density at radius 2 is 1.96 bits per heavy atom. The van der Waals surface area contributed by atoms with Crippen LogP contribution in [0.15, 0.2) is 17.5 Å². The highest BCUT2D eigenvalue weighted by atomic mass is 32.1. The third-order valence-corrected chi connectivity index (χ3v) is 6.19. The van der Waals surface area contributed by atoms with E-state index in [4.69, 9.17) is 0 Å². The zero-order valence-electron chi connectivity index (χ0n) is 16.3. The van der Waals surface area contributed by atoms with Crippen molar-refractivity contribution in [2.45, 2.75) is 83.0 Å². The summed E-state index contributed by atoms with van der Waals surface area (Å²) in [7, 11) is 0. The maximum absolute atomic E-state index is 12.9. The Bertz CT molecular complexity index is 638. The molecule has 0 aromatic carbocycles. The molecule has 26 heavy (non-hydrogen) atoms. The Hall–Kier alpha value is -1.40. The number of likely N-dealkylation sites (tertiary alicyclic amines) is 1. The Kier molecular flexibility index (Phi) is 5.45. The Morgan fingerprint density at radius 1 is 1.27 bits per heavy atom. The quantitative estimate of drug-likeness (QED) is 0.848. The molecule has 2 aliphatic rings. The predicted molar refractivity (Wildman–Crippen MR) is 105 cm³/mol.